The lowest BCUT2D eigenvalue weighted by molar-refractivity contribution is -0.111. The van der Waals surface area contributed by atoms with Crippen LogP contribution < -0.4 is 26.0 Å². The number of carbonyl (C=O) groups is 1. The highest BCUT2D eigenvalue weighted by atomic mass is 16.5. The fraction of sp³-hybridized carbons (Fsp3) is 0.375. The largest absolute Gasteiger partial charge is 0.457 e. The molecule has 2 aromatic carbocycles. The number of para-hydroxylation sites is 1. The molecule has 4 N–H and O–H groups in total. The maximum absolute atomic E-state index is 12.3. The molecule has 2 aromatic heterocycles. The number of anilines is 3. The lowest BCUT2D eigenvalue weighted by atomic mass is 10.1. The van der Waals surface area contributed by atoms with Gasteiger partial charge in [-0.3, -0.25) is 4.79 Å². The SMILES string of the molecule is CC(C)c1cnn2c(NCc3ccccc3Oc3cccc(NC(=O)/C=C/CN(C)C)c3)nc(N3CCC(N)CC3)nc12. The molecule has 1 saturated heterocycles. The van der Waals surface area contributed by atoms with Gasteiger partial charge >= 0.3 is 0 Å². The molecular formula is C32H41N9O2. The number of hydrogen-bond acceptors (Lipinski definition) is 9. The van der Waals surface area contributed by atoms with E-state index in [0.29, 0.717) is 42.2 Å². The van der Waals surface area contributed by atoms with Crippen molar-refractivity contribution in [2.45, 2.75) is 45.2 Å². The first-order valence-corrected chi connectivity index (χ1v) is 14.7. The minimum atomic E-state index is -0.189. The van der Waals surface area contributed by atoms with Gasteiger partial charge in [-0.25, -0.2) is 0 Å². The molecule has 0 bridgehead atoms. The Labute approximate surface area is 252 Å². The summed E-state index contributed by atoms with van der Waals surface area (Å²) >= 11 is 0. The van der Waals surface area contributed by atoms with Crippen molar-refractivity contribution in [1.29, 1.82) is 0 Å². The smallest absolute Gasteiger partial charge is 0.248 e. The van der Waals surface area contributed by atoms with Crippen molar-refractivity contribution >= 4 is 29.1 Å². The Morgan fingerprint density at radius 2 is 1.93 bits per heavy atom. The number of likely N-dealkylation sites (N-methyl/N-ethyl adjacent to an activating group) is 1. The van der Waals surface area contributed by atoms with E-state index in [0.717, 1.165) is 42.7 Å². The van der Waals surface area contributed by atoms with Gasteiger partial charge in [-0.2, -0.15) is 19.6 Å². The molecule has 1 aliphatic heterocycles. The zero-order valence-corrected chi connectivity index (χ0v) is 25.3. The molecule has 0 unspecified atom stereocenters. The van der Waals surface area contributed by atoms with Crippen LogP contribution in [0.3, 0.4) is 0 Å². The third-order valence-corrected chi connectivity index (χ3v) is 7.31. The van der Waals surface area contributed by atoms with E-state index in [1.54, 1.807) is 4.52 Å². The summed E-state index contributed by atoms with van der Waals surface area (Å²) in [5, 5.41) is 11.0. The molecule has 0 radical (unpaired) electrons. The lowest BCUT2D eigenvalue weighted by Crippen LogP contribution is -2.40. The molecule has 0 saturated carbocycles. The fourth-order valence-corrected chi connectivity index (χ4v) is 4.89. The minimum Gasteiger partial charge on any atom is -0.457 e. The summed E-state index contributed by atoms with van der Waals surface area (Å²) in [5.41, 5.74) is 9.62. The number of nitrogens with one attached hydrogen (secondary N) is 2. The molecule has 1 aliphatic rings. The van der Waals surface area contributed by atoms with Crippen LogP contribution in [-0.2, 0) is 11.3 Å². The molecule has 0 spiro atoms. The summed E-state index contributed by atoms with van der Waals surface area (Å²) in [4.78, 5) is 26.3. The molecule has 226 valence electrons. The number of nitrogens with two attached hydrogens (primary N) is 1. The van der Waals surface area contributed by atoms with E-state index in [9.17, 15) is 4.79 Å². The summed E-state index contributed by atoms with van der Waals surface area (Å²) < 4.78 is 8.07. The van der Waals surface area contributed by atoms with Gasteiger partial charge in [0.25, 0.3) is 0 Å². The van der Waals surface area contributed by atoms with Crippen LogP contribution >= 0.6 is 0 Å². The van der Waals surface area contributed by atoms with E-state index in [4.69, 9.17) is 20.4 Å². The van der Waals surface area contributed by atoms with Crippen LogP contribution in [0.1, 0.15) is 43.7 Å². The van der Waals surface area contributed by atoms with E-state index in [-0.39, 0.29) is 17.9 Å². The Hall–Kier alpha value is -4.48. The molecular weight excluding hydrogens is 542 g/mol. The highest BCUT2D eigenvalue weighted by Crippen LogP contribution is 2.29. The van der Waals surface area contributed by atoms with Gasteiger partial charge < -0.3 is 30.9 Å². The monoisotopic (exact) mass is 583 g/mol. The number of piperidine rings is 1. The molecule has 43 heavy (non-hydrogen) atoms. The van der Waals surface area contributed by atoms with Crippen LogP contribution in [0.2, 0.25) is 0 Å². The van der Waals surface area contributed by atoms with E-state index >= 15 is 0 Å². The van der Waals surface area contributed by atoms with Crippen molar-refractivity contribution in [3.05, 3.63) is 78.0 Å². The molecule has 4 aromatic rings. The highest BCUT2D eigenvalue weighted by molar-refractivity contribution is 5.99. The standard InChI is InChI=1S/C32H41N9O2/c1-22(2)27-21-35-41-30(27)37-32(40-17-14-24(33)15-18-40)38-31(41)34-20-23-9-5-6-12-28(23)43-26-11-7-10-25(19-26)36-29(42)13-8-16-39(3)4/h5-13,19,21-22,24H,14-18,20,33H2,1-4H3,(H,36,42)(H,34,37,38)/b13-8+. The summed E-state index contributed by atoms with van der Waals surface area (Å²) in [7, 11) is 3.90. The van der Waals surface area contributed by atoms with Gasteiger partial charge in [-0.05, 0) is 51.1 Å². The number of ether oxygens (including phenoxy) is 1. The predicted octanol–water partition coefficient (Wildman–Crippen LogP) is 4.64. The van der Waals surface area contributed by atoms with Gasteiger partial charge in [-0.15, -0.1) is 0 Å². The van der Waals surface area contributed by atoms with Crippen LogP contribution in [0, 0.1) is 0 Å². The van der Waals surface area contributed by atoms with Crippen molar-refractivity contribution < 1.29 is 9.53 Å². The number of rotatable bonds is 11. The maximum Gasteiger partial charge on any atom is 0.248 e. The molecule has 11 heteroatoms. The number of aromatic nitrogens is 4. The molecule has 1 fully saturated rings. The zero-order valence-electron chi connectivity index (χ0n) is 25.3. The molecule has 3 heterocycles. The summed E-state index contributed by atoms with van der Waals surface area (Å²) in [6.45, 7) is 7.07. The normalized spacial score (nSPS) is 14.3. The minimum absolute atomic E-state index is 0.189. The Morgan fingerprint density at radius 1 is 1.14 bits per heavy atom. The van der Waals surface area contributed by atoms with Gasteiger partial charge in [0.1, 0.15) is 11.5 Å². The van der Waals surface area contributed by atoms with Crippen molar-refractivity contribution in [3.63, 3.8) is 0 Å². The van der Waals surface area contributed by atoms with E-state index < -0.39 is 0 Å². The van der Waals surface area contributed by atoms with Crippen LogP contribution in [0.15, 0.2) is 66.9 Å². The number of amides is 1. The van der Waals surface area contributed by atoms with Crippen molar-refractivity contribution in [1.82, 2.24) is 24.5 Å². The van der Waals surface area contributed by atoms with Crippen molar-refractivity contribution in [3.8, 4) is 11.5 Å². The second-order valence-corrected chi connectivity index (χ2v) is 11.4. The average Bonchev–Trinajstić information content (AvgIpc) is 3.42. The number of nitrogens with zero attached hydrogens (tertiary/aromatic N) is 6. The van der Waals surface area contributed by atoms with Gasteiger partial charge in [-0.1, -0.05) is 44.2 Å². The third kappa shape index (κ3) is 7.68. The van der Waals surface area contributed by atoms with Crippen LogP contribution in [-0.4, -0.2) is 70.2 Å². The average molecular weight is 584 g/mol. The van der Waals surface area contributed by atoms with Crippen LogP contribution in [0.25, 0.3) is 5.65 Å². The Bertz CT molecular complexity index is 1570. The first kappa shape index (κ1) is 30.0. The Kier molecular flexibility index (Phi) is 9.53. The highest BCUT2D eigenvalue weighted by Gasteiger charge is 2.22. The molecule has 0 aliphatic carbocycles. The number of hydrogen-bond donors (Lipinski definition) is 3. The van der Waals surface area contributed by atoms with E-state index in [2.05, 4.69) is 34.5 Å². The first-order valence-electron chi connectivity index (χ1n) is 14.7. The lowest BCUT2D eigenvalue weighted by Gasteiger charge is -2.30. The molecule has 1 amide bonds. The summed E-state index contributed by atoms with van der Waals surface area (Å²) in [5.74, 6) is 2.69. The predicted molar refractivity (Wildman–Crippen MR) is 171 cm³/mol. The van der Waals surface area contributed by atoms with Crippen LogP contribution in [0.5, 0.6) is 11.5 Å². The second-order valence-electron chi connectivity index (χ2n) is 11.4. The number of benzene rings is 2. The van der Waals surface area contributed by atoms with Crippen molar-refractivity contribution in [2.75, 3.05) is 49.3 Å². The Morgan fingerprint density at radius 3 is 2.70 bits per heavy atom. The van der Waals surface area contributed by atoms with Gasteiger partial charge in [0.15, 0.2) is 5.65 Å². The summed E-state index contributed by atoms with van der Waals surface area (Å²) in [6, 6.07) is 15.4. The fourth-order valence-electron chi connectivity index (χ4n) is 4.89. The Balaban J connectivity index is 1.34. The van der Waals surface area contributed by atoms with E-state index in [1.807, 2.05) is 79.8 Å². The van der Waals surface area contributed by atoms with E-state index in [1.165, 1.54) is 6.08 Å². The molecule has 11 nitrogen and oxygen atoms in total. The summed E-state index contributed by atoms with van der Waals surface area (Å²) in [6.07, 6.45) is 7.05. The number of carbonyl (C=O) groups excluding carboxylic acids is 1. The maximum atomic E-state index is 12.3. The third-order valence-electron chi connectivity index (χ3n) is 7.31. The second kappa shape index (κ2) is 13.7. The van der Waals surface area contributed by atoms with Gasteiger partial charge in [0.05, 0.1) is 6.20 Å². The van der Waals surface area contributed by atoms with Gasteiger partial charge in [0.2, 0.25) is 17.8 Å². The first-order chi connectivity index (χ1) is 20.8. The zero-order chi connectivity index (χ0) is 30.3. The quantitative estimate of drug-likeness (QED) is 0.217. The molecule has 0 atom stereocenters. The topological polar surface area (TPSA) is 126 Å². The van der Waals surface area contributed by atoms with Crippen molar-refractivity contribution in [2.24, 2.45) is 5.73 Å². The number of fused-ring (bicyclic) bond motifs is 1. The molecule has 5 rings (SSSR count). The van der Waals surface area contributed by atoms with Crippen LogP contribution in [0.4, 0.5) is 17.6 Å². The van der Waals surface area contributed by atoms with Gasteiger partial charge in [0, 0.05) is 61.2 Å².